The quantitative estimate of drug-likeness (QED) is 0.888. The van der Waals surface area contributed by atoms with E-state index in [0.717, 1.165) is 68.7 Å². The monoisotopic (exact) mass is 364 g/mol. The molecule has 2 saturated heterocycles. The molecule has 1 N–H and O–H groups in total. The van der Waals surface area contributed by atoms with Crippen molar-refractivity contribution in [3.05, 3.63) is 21.4 Å². The molecule has 0 unspecified atom stereocenters. The van der Waals surface area contributed by atoms with Gasteiger partial charge in [0.25, 0.3) is 0 Å². The second kappa shape index (κ2) is 6.70. The summed E-state index contributed by atoms with van der Waals surface area (Å²) in [6, 6.07) is 1.81. The Morgan fingerprint density at radius 1 is 1.20 bits per heavy atom. The number of amides is 1. The molecule has 0 saturated carbocycles. The molecule has 0 aliphatic carbocycles. The lowest BCUT2D eigenvalue weighted by molar-refractivity contribution is -0.134. The van der Waals surface area contributed by atoms with Crippen molar-refractivity contribution in [2.24, 2.45) is 0 Å². The molecule has 2 fully saturated rings. The van der Waals surface area contributed by atoms with Gasteiger partial charge in [-0.05, 0) is 37.3 Å². The number of fused-ring (bicyclic) bond motifs is 2. The third-order valence-corrected chi connectivity index (χ3v) is 6.88. The topological polar surface area (TPSA) is 70.1 Å². The van der Waals surface area contributed by atoms with E-state index in [1.165, 1.54) is 11.3 Å². The summed E-state index contributed by atoms with van der Waals surface area (Å²) >= 11 is 1.39. The second-order valence-corrected chi connectivity index (χ2v) is 8.35. The predicted octanol–water partition coefficient (Wildman–Crippen LogP) is 1.93. The Kier molecular flexibility index (Phi) is 4.56. The molecular formula is C18H24N2O4S. The van der Waals surface area contributed by atoms with E-state index in [1.807, 2.05) is 11.0 Å². The largest absolute Gasteiger partial charge is 0.477 e. The number of nitrogens with zero attached hydrogens (tertiary/aromatic N) is 2. The van der Waals surface area contributed by atoms with Crippen LogP contribution in [-0.4, -0.2) is 66.1 Å². The SMILES string of the molecule is O=C(O)c1cc2c(s1)CCOC21CCN(CC(=O)N2CCCC2)CC1. The van der Waals surface area contributed by atoms with E-state index in [1.54, 1.807) is 0 Å². The van der Waals surface area contributed by atoms with Gasteiger partial charge in [-0.3, -0.25) is 9.69 Å². The summed E-state index contributed by atoms with van der Waals surface area (Å²) in [4.78, 5) is 29.4. The maximum Gasteiger partial charge on any atom is 0.345 e. The fourth-order valence-electron chi connectivity index (χ4n) is 4.27. The lowest BCUT2D eigenvalue weighted by atomic mass is 9.82. The number of hydrogen-bond acceptors (Lipinski definition) is 5. The Labute approximate surface area is 151 Å². The number of thiophene rings is 1. The standard InChI is InChI=1S/C18H24N2O4S/c21-16(20-6-1-2-7-20)12-19-8-4-18(5-9-19)13-11-15(17(22)23)25-14(13)3-10-24-18/h11H,1-10,12H2,(H,22,23). The minimum Gasteiger partial charge on any atom is -0.477 e. The molecule has 3 aliphatic rings. The highest BCUT2D eigenvalue weighted by Crippen LogP contribution is 2.44. The zero-order chi connectivity index (χ0) is 17.4. The summed E-state index contributed by atoms with van der Waals surface area (Å²) in [6.45, 7) is 4.58. The highest BCUT2D eigenvalue weighted by atomic mass is 32.1. The van der Waals surface area contributed by atoms with Gasteiger partial charge in [-0.25, -0.2) is 4.79 Å². The minimum absolute atomic E-state index is 0.238. The number of rotatable bonds is 3. The van der Waals surface area contributed by atoms with Crippen LogP contribution in [0, 0.1) is 0 Å². The number of carbonyl (C=O) groups excluding carboxylic acids is 1. The zero-order valence-corrected chi connectivity index (χ0v) is 15.1. The molecule has 136 valence electrons. The number of aromatic carboxylic acids is 1. The van der Waals surface area contributed by atoms with E-state index in [4.69, 9.17) is 4.74 Å². The molecule has 0 bridgehead atoms. The van der Waals surface area contributed by atoms with E-state index in [2.05, 4.69) is 4.90 Å². The zero-order valence-electron chi connectivity index (χ0n) is 14.3. The summed E-state index contributed by atoms with van der Waals surface area (Å²) in [5, 5.41) is 9.29. The molecule has 1 aromatic rings. The van der Waals surface area contributed by atoms with Crippen molar-refractivity contribution >= 4 is 23.2 Å². The Morgan fingerprint density at radius 2 is 1.92 bits per heavy atom. The highest BCUT2D eigenvalue weighted by molar-refractivity contribution is 7.14. The number of carbonyl (C=O) groups is 2. The molecule has 4 heterocycles. The number of carboxylic acids is 1. The predicted molar refractivity (Wildman–Crippen MR) is 94.1 cm³/mol. The van der Waals surface area contributed by atoms with Crippen LogP contribution in [0.4, 0.5) is 0 Å². The number of ether oxygens (including phenoxy) is 1. The van der Waals surface area contributed by atoms with E-state index in [9.17, 15) is 14.7 Å². The first-order valence-electron chi connectivity index (χ1n) is 9.08. The van der Waals surface area contributed by atoms with Crippen molar-refractivity contribution in [1.29, 1.82) is 0 Å². The van der Waals surface area contributed by atoms with Crippen LogP contribution in [0.3, 0.4) is 0 Å². The molecule has 1 amide bonds. The maximum atomic E-state index is 12.3. The van der Waals surface area contributed by atoms with E-state index >= 15 is 0 Å². The van der Waals surface area contributed by atoms with Crippen molar-refractivity contribution in [3.63, 3.8) is 0 Å². The van der Waals surface area contributed by atoms with Crippen molar-refractivity contribution < 1.29 is 19.4 Å². The lowest BCUT2D eigenvalue weighted by Crippen LogP contribution is -2.49. The van der Waals surface area contributed by atoms with Crippen LogP contribution in [0.2, 0.25) is 0 Å². The van der Waals surface area contributed by atoms with Gasteiger partial charge in [0.05, 0.1) is 18.8 Å². The smallest absolute Gasteiger partial charge is 0.345 e. The van der Waals surface area contributed by atoms with Gasteiger partial charge < -0.3 is 14.7 Å². The summed E-state index contributed by atoms with van der Waals surface area (Å²) < 4.78 is 6.17. The summed E-state index contributed by atoms with van der Waals surface area (Å²) in [6.07, 6.45) is 4.68. The summed E-state index contributed by atoms with van der Waals surface area (Å²) in [5.41, 5.74) is 0.719. The Bertz CT molecular complexity index is 673. The van der Waals surface area contributed by atoms with Gasteiger partial charge in [-0.15, -0.1) is 11.3 Å². The summed E-state index contributed by atoms with van der Waals surface area (Å²) in [7, 11) is 0. The average molecular weight is 364 g/mol. The first kappa shape index (κ1) is 17.0. The number of carboxylic acid groups (broad SMARTS) is 1. The van der Waals surface area contributed by atoms with Gasteiger partial charge in [0.15, 0.2) is 0 Å². The number of likely N-dealkylation sites (tertiary alicyclic amines) is 2. The third-order valence-electron chi connectivity index (χ3n) is 5.70. The Balaban J connectivity index is 1.43. The van der Waals surface area contributed by atoms with Crippen molar-refractivity contribution in [3.8, 4) is 0 Å². The van der Waals surface area contributed by atoms with Crippen molar-refractivity contribution in [2.75, 3.05) is 39.3 Å². The Hall–Kier alpha value is -1.44. The van der Waals surface area contributed by atoms with E-state index in [0.29, 0.717) is 18.0 Å². The molecule has 4 rings (SSSR count). The van der Waals surface area contributed by atoms with Crippen LogP contribution in [-0.2, 0) is 21.6 Å². The van der Waals surface area contributed by atoms with Crippen LogP contribution in [0.25, 0.3) is 0 Å². The molecule has 0 atom stereocenters. The van der Waals surface area contributed by atoms with Crippen molar-refractivity contribution in [1.82, 2.24) is 9.80 Å². The fourth-order valence-corrected chi connectivity index (χ4v) is 5.34. The molecule has 3 aliphatic heterocycles. The van der Waals surface area contributed by atoms with Crippen LogP contribution < -0.4 is 0 Å². The molecule has 1 spiro atoms. The molecule has 6 nitrogen and oxygen atoms in total. The van der Waals surface area contributed by atoms with Crippen LogP contribution in [0.1, 0.15) is 45.8 Å². The number of piperidine rings is 1. The van der Waals surface area contributed by atoms with Crippen LogP contribution in [0.5, 0.6) is 0 Å². The van der Waals surface area contributed by atoms with Gasteiger partial charge in [0.2, 0.25) is 5.91 Å². The average Bonchev–Trinajstić information content (AvgIpc) is 3.27. The van der Waals surface area contributed by atoms with Crippen molar-refractivity contribution in [2.45, 2.75) is 37.7 Å². The lowest BCUT2D eigenvalue weighted by Gasteiger charge is -2.44. The normalized spacial score (nSPS) is 23.0. The second-order valence-electron chi connectivity index (χ2n) is 7.21. The fraction of sp³-hybridized carbons (Fsp3) is 0.667. The Morgan fingerprint density at radius 3 is 2.60 bits per heavy atom. The highest BCUT2D eigenvalue weighted by Gasteiger charge is 2.42. The van der Waals surface area contributed by atoms with E-state index < -0.39 is 5.97 Å². The first-order chi connectivity index (χ1) is 12.1. The molecular weight excluding hydrogens is 340 g/mol. The van der Waals surface area contributed by atoms with Gasteiger partial charge in [0, 0.05) is 37.5 Å². The maximum absolute atomic E-state index is 12.3. The van der Waals surface area contributed by atoms with Gasteiger partial charge in [0.1, 0.15) is 4.88 Å². The first-order valence-corrected chi connectivity index (χ1v) is 9.90. The van der Waals surface area contributed by atoms with Gasteiger partial charge in [-0.1, -0.05) is 0 Å². The van der Waals surface area contributed by atoms with Gasteiger partial charge in [-0.2, -0.15) is 0 Å². The molecule has 1 aromatic heterocycles. The molecule has 25 heavy (non-hydrogen) atoms. The molecule has 0 aromatic carbocycles. The minimum atomic E-state index is -0.858. The van der Waals surface area contributed by atoms with Crippen LogP contribution in [0.15, 0.2) is 6.07 Å². The van der Waals surface area contributed by atoms with Gasteiger partial charge >= 0.3 is 5.97 Å². The molecule has 7 heteroatoms. The summed E-state index contributed by atoms with van der Waals surface area (Å²) in [5.74, 6) is -0.620. The van der Waals surface area contributed by atoms with Crippen LogP contribution >= 0.6 is 11.3 Å². The number of hydrogen-bond donors (Lipinski definition) is 1. The molecule has 0 radical (unpaired) electrons. The van der Waals surface area contributed by atoms with E-state index in [-0.39, 0.29) is 11.5 Å². The third kappa shape index (κ3) is 3.20.